The van der Waals surface area contributed by atoms with E-state index in [2.05, 4.69) is 10.2 Å². The van der Waals surface area contributed by atoms with Crippen molar-refractivity contribution in [3.05, 3.63) is 17.0 Å². The van der Waals surface area contributed by atoms with Crippen molar-refractivity contribution >= 4 is 5.78 Å². The van der Waals surface area contributed by atoms with Gasteiger partial charge in [0.1, 0.15) is 5.78 Å². The third kappa shape index (κ3) is 1.59. The van der Waals surface area contributed by atoms with E-state index in [4.69, 9.17) is 0 Å². The van der Waals surface area contributed by atoms with E-state index >= 15 is 0 Å². The highest BCUT2D eigenvalue weighted by molar-refractivity contribution is 5.80. The summed E-state index contributed by atoms with van der Waals surface area (Å²) >= 11 is 0. The van der Waals surface area contributed by atoms with Gasteiger partial charge in [0, 0.05) is 18.5 Å². The normalized spacial score (nSPS) is 22.7. The molecule has 1 heterocycles. The van der Waals surface area contributed by atoms with E-state index in [-0.39, 0.29) is 0 Å². The average molecular weight is 192 g/mol. The molecule has 1 unspecified atom stereocenters. The van der Waals surface area contributed by atoms with Crippen molar-refractivity contribution < 1.29 is 4.79 Å². The molecule has 0 bridgehead atoms. The van der Waals surface area contributed by atoms with Crippen LogP contribution in [0.25, 0.3) is 0 Å². The van der Waals surface area contributed by atoms with Crippen molar-refractivity contribution in [3.8, 4) is 0 Å². The average Bonchev–Trinajstić information content (AvgIpc) is 2.46. The molecular weight excluding hydrogens is 176 g/mol. The zero-order valence-corrected chi connectivity index (χ0v) is 8.76. The SMILES string of the molecule is Cc1n[nH]c(C)c1C1CCCC(=O)C1. The van der Waals surface area contributed by atoms with E-state index in [0.717, 1.165) is 30.7 Å². The third-order valence-electron chi connectivity index (χ3n) is 3.08. The number of aryl methyl sites for hydroxylation is 2. The number of carbonyl (C=O) groups excluding carboxylic acids is 1. The molecule has 1 fully saturated rings. The van der Waals surface area contributed by atoms with Crippen LogP contribution >= 0.6 is 0 Å². The molecule has 0 radical (unpaired) electrons. The third-order valence-corrected chi connectivity index (χ3v) is 3.08. The Labute approximate surface area is 83.9 Å². The lowest BCUT2D eigenvalue weighted by Gasteiger charge is -2.21. The van der Waals surface area contributed by atoms with Gasteiger partial charge in [-0.3, -0.25) is 9.89 Å². The molecule has 1 saturated carbocycles. The largest absolute Gasteiger partial charge is 0.300 e. The maximum absolute atomic E-state index is 11.4. The number of nitrogens with one attached hydrogen (secondary N) is 1. The first kappa shape index (κ1) is 9.44. The molecule has 2 rings (SSSR count). The number of aromatic amines is 1. The van der Waals surface area contributed by atoms with Gasteiger partial charge in [-0.15, -0.1) is 0 Å². The van der Waals surface area contributed by atoms with Crippen LogP contribution in [0.4, 0.5) is 0 Å². The summed E-state index contributed by atoms with van der Waals surface area (Å²) in [5, 5.41) is 7.17. The minimum Gasteiger partial charge on any atom is -0.300 e. The highest BCUT2D eigenvalue weighted by Crippen LogP contribution is 2.33. The molecule has 0 amide bonds. The van der Waals surface area contributed by atoms with Gasteiger partial charge in [-0.1, -0.05) is 0 Å². The topological polar surface area (TPSA) is 45.8 Å². The number of Topliss-reactive ketones (excluding diaryl/α,β-unsaturated/α-hetero) is 1. The van der Waals surface area contributed by atoms with Crippen LogP contribution in [0.2, 0.25) is 0 Å². The number of aromatic nitrogens is 2. The Balaban J connectivity index is 2.25. The van der Waals surface area contributed by atoms with Crippen LogP contribution in [-0.2, 0) is 4.79 Å². The Kier molecular flexibility index (Phi) is 2.40. The van der Waals surface area contributed by atoms with Crippen molar-refractivity contribution in [2.45, 2.75) is 45.4 Å². The summed E-state index contributed by atoms with van der Waals surface area (Å²) in [6.45, 7) is 4.05. The first-order chi connectivity index (χ1) is 6.68. The van der Waals surface area contributed by atoms with Gasteiger partial charge in [0.25, 0.3) is 0 Å². The summed E-state index contributed by atoms with van der Waals surface area (Å²) in [7, 11) is 0. The minimum absolute atomic E-state index is 0.404. The summed E-state index contributed by atoms with van der Waals surface area (Å²) in [5.41, 5.74) is 3.46. The molecule has 1 aromatic rings. The highest BCUT2D eigenvalue weighted by Gasteiger charge is 2.24. The predicted octanol–water partition coefficient (Wildman–Crippen LogP) is 2.25. The molecule has 3 nitrogen and oxygen atoms in total. The first-order valence-electron chi connectivity index (χ1n) is 5.21. The van der Waals surface area contributed by atoms with Crippen LogP contribution < -0.4 is 0 Å². The van der Waals surface area contributed by atoms with Gasteiger partial charge in [0.05, 0.1) is 5.69 Å². The van der Waals surface area contributed by atoms with Crippen molar-refractivity contribution in [2.24, 2.45) is 0 Å². The Hall–Kier alpha value is -1.12. The molecule has 14 heavy (non-hydrogen) atoms. The standard InChI is InChI=1S/C11H16N2O/c1-7-11(8(2)13-12-7)9-4-3-5-10(14)6-9/h9H,3-6H2,1-2H3,(H,12,13). The summed E-state index contributed by atoms with van der Waals surface area (Å²) < 4.78 is 0. The van der Waals surface area contributed by atoms with Crippen molar-refractivity contribution in [3.63, 3.8) is 0 Å². The maximum atomic E-state index is 11.4. The maximum Gasteiger partial charge on any atom is 0.133 e. The second kappa shape index (κ2) is 3.56. The summed E-state index contributed by atoms with van der Waals surface area (Å²) in [6.07, 6.45) is 3.65. The number of nitrogens with zero attached hydrogens (tertiary/aromatic N) is 1. The molecule has 3 heteroatoms. The fourth-order valence-corrected chi connectivity index (χ4v) is 2.43. The lowest BCUT2D eigenvalue weighted by Crippen LogP contribution is -2.14. The lowest BCUT2D eigenvalue weighted by molar-refractivity contribution is -0.120. The predicted molar refractivity (Wildman–Crippen MR) is 54.3 cm³/mol. The van der Waals surface area contributed by atoms with Crippen molar-refractivity contribution in [1.82, 2.24) is 10.2 Å². The molecule has 1 aliphatic rings. The zero-order valence-electron chi connectivity index (χ0n) is 8.76. The van der Waals surface area contributed by atoms with E-state index in [1.54, 1.807) is 0 Å². The number of hydrogen-bond acceptors (Lipinski definition) is 2. The van der Waals surface area contributed by atoms with Crippen LogP contribution in [0, 0.1) is 13.8 Å². The van der Waals surface area contributed by atoms with Gasteiger partial charge < -0.3 is 0 Å². The van der Waals surface area contributed by atoms with Crippen LogP contribution in [0.1, 0.15) is 48.6 Å². The fourth-order valence-electron chi connectivity index (χ4n) is 2.43. The molecule has 1 aromatic heterocycles. The number of rotatable bonds is 1. The fraction of sp³-hybridized carbons (Fsp3) is 0.636. The van der Waals surface area contributed by atoms with Crippen molar-refractivity contribution in [2.75, 3.05) is 0 Å². The number of H-pyrrole nitrogens is 1. The van der Waals surface area contributed by atoms with Crippen molar-refractivity contribution in [1.29, 1.82) is 0 Å². The van der Waals surface area contributed by atoms with Gasteiger partial charge >= 0.3 is 0 Å². The molecule has 0 aromatic carbocycles. The lowest BCUT2D eigenvalue weighted by atomic mass is 9.82. The Morgan fingerprint density at radius 2 is 2.21 bits per heavy atom. The van der Waals surface area contributed by atoms with Crippen LogP contribution in [0.15, 0.2) is 0 Å². The molecule has 1 aliphatic carbocycles. The summed E-state index contributed by atoms with van der Waals surface area (Å²) in [5.74, 6) is 0.816. The van der Waals surface area contributed by atoms with E-state index in [9.17, 15) is 4.79 Å². The van der Waals surface area contributed by atoms with Crippen LogP contribution in [0.3, 0.4) is 0 Å². The molecule has 0 spiro atoms. The number of carbonyl (C=O) groups is 1. The number of hydrogen-bond donors (Lipinski definition) is 1. The first-order valence-corrected chi connectivity index (χ1v) is 5.21. The van der Waals surface area contributed by atoms with Gasteiger partial charge in [0.2, 0.25) is 0 Å². The smallest absolute Gasteiger partial charge is 0.133 e. The van der Waals surface area contributed by atoms with E-state index in [1.165, 1.54) is 5.56 Å². The van der Waals surface area contributed by atoms with Gasteiger partial charge in [0.15, 0.2) is 0 Å². The van der Waals surface area contributed by atoms with E-state index in [1.807, 2.05) is 13.8 Å². The van der Waals surface area contributed by atoms with E-state index in [0.29, 0.717) is 18.1 Å². The molecular formula is C11H16N2O. The molecule has 1 atom stereocenters. The molecule has 0 saturated heterocycles. The minimum atomic E-state index is 0.404. The molecule has 0 aliphatic heterocycles. The van der Waals surface area contributed by atoms with Gasteiger partial charge in [-0.2, -0.15) is 5.10 Å². The van der Waals surface area contributed by atoms with Crippen LogP contribution in [0.5, 0.6) is 0 Å². The monoisotopic (exact) mass is 192 g/mol. The van der Waals surface area contributed by atoms with Gasteiger partial charge in [-0.25, -0.2) is 0 Å². The quantitative estimate of drug-likeness (QED) is 0.741. The second-order valence-electron chi connectivity index (χ2n) is 4.18. The zero-order chi connectivity index (χ0) is 10.1. The summed E-state index contributed by atoms with van der Waals surface area (Å²) in [6, 6.07) is 0. The molecule has 1 N–H and O–H groups in total. The highest BCUT2D eigenvalue weighted by atomic mass is 16.1. The Morgan fingerprint density at radius 3 is 2.79 bits per heavy atom. The Morgan fingerprint density at radius 1 is 1.43 bits per heavy atom. The Bertz CT molecular complexity index is 335. The molecule has 76 valence electrons. The van der Waals surface area contributed by atoms with Crippen LogP contribution in [-0.4, -0.2) is 16.0 Å². The van der Waals surface area contributed by atoms with E-state index < -0.39 is 0 Å². The summed E-state index contributed by atoms with van der Waals surface area (Å²) in [4.78, 5) is 11.4. The second-order valence-corrected chi connectivity index (χ2v) is 4.18. The van der Waals surface area contributed by atoms with Gasteiger partial charge in [-0.05, 0) is 38.2 Å². The number of ketones is 1.